The maximum Gasteiger partial charge on any atom is 0.282 e. The van der Waals surface area contributed by atoms with Crippen LogP contribution in [-0.2, 0) is 17.7 Å². The number of fused-ring (bicyclic) bond motifs is 1. The summed E-state index contributed by atoms with van der Waals surface area (Å²) in [7, 11) is 0. The number of pyridine rings is 1. The summed E-state index contributed by atoms with van der Waals surface area (Å²) >= 11 is 0. The monoisotopic (exact) mass is 690 g/mol. The van der Waals surface area contributed by atoms with Gasteiger partial charge in [0.1, 0.15) is 29.7 Å². The summed E-state index contributed by atoms with van der Waals surface area (Å²) < 4.78 is 32.9. The molecule has 0 unspecified atom stereocenters. The molecular formula is C37H51FN8O4. The number of nitrogens with zero attached hydrogens (tertiary/aromatic N) is 8. The number of amides is 1. The first kappa shape index (κ1) is 35.9. The summed E-state index contributed by atoms with van der Waals surface area (Å²) in [5.41, 5.74) is 2.47. The highest BCUT2D eigenvalue weighted by Gasteiger charge is 2.29. The van der Waals surface area contributed by atoms with Gasteiger partial charge in [-0.3, -0.25) is 14.7 Å². The molecule has 2 fully saturated rings. The van der Waals surface area contributed by atoms with E-state index >= 15 is 0 Å². The number of anilines is 1. The Morgan fingerprint density at radius 3 is 2.58 bits per heavy atom. The molecule has 3 aromatic rings. The number of hydrogen-bond donors (Lipinski definition) is 0. The number of ether oxygens (including phenoxy) is 3. The van der Waals surface area contributed by atoms with Crippen LogP contribution in [0.15, 0.2) is 36.8 Å². The van der Waals surface area contributed by atoms with E-state index in [1.807, 2.05) is 40.0 Å². The lowest BCUT2D eigenvalue weighted by molar-refractivity contribution is 0.0640. The first-order chi connectivity index (χ1) is 24.3. The SMILES string of the molecule is CC(C)N(C(=O)c1cc(F)ccc1Oc1nncnc1N1CCC(Oc2ccnc3c2CN(CCCN2CCCOCC2)CC3)CC1)C(C)C. The first-order valence-corrected chi connectivity index (χ1v) is 18.2. The van der Waals surface area contributed by atoms with E-state index in [0.717, 1.165) is 96.0 Å². The molecule has 2 saturated heterocycles. The van der Waals surface area contributed by atoms with Crippen LogP contribution in [-0.4, -0.2) is 118 Å². The fraction of sp³-hybridized carbons (Fsp3) is 0.595. The van der Waals surface area contributed by atoms with Crippen molar-refractivity contribution in [2.24, 2.45) is 0 Å². The molecule has 6 rings (SSSR count). The van der Waals surface area contributed by atoms with Crippen LogP contribution >= 0.6 is 0 Å². The van der Waals surface area contributed by atoms with E-state index < -0.39 is 5.82 Å². The molecule has 5 heterocycles. The summed E-state index contributed by atoms with van der Waals surface area (Å²) in [6.45, 7) is 17.0. The van der Waals surface area contributed by atoms with Crippen LogP contribution in [0.25, 0.3) is 0 Å². The molecule has 0 spiro atoms. The van der Waals surface area contributed by atoms with Gasteiger partial charge in [-0.1, -0.05) is 0 Å². The normalized spacial score (nSPS) is 17.9. The summed E-state index contributed by atoms with van der Waals surface area (Å²) in [5.74, 6) is 0.995. The van der Waals surface area contributed by atoms with Gasteiger partial charge in [0.05, 0.1) is 12.2 Å². The summed E-state index contributed by atoms with van der Waals surface area (Å²) in [6.07, 6.45) is 8.04. The molecule has 0 radical (unpaired) electrons. The Bertz CT molecular complexity index is 1570. The molecule has 0 saturated carbocycles. The van der Waals surface area contributed by atoms with Gasteiger partial charge < -0.3 is 28.9 Å². The second-order valence-corrected chi connectivity index (χ2v) is 14.0. The topological polar surface area (TPSA) is 109 Å². The number of carbonyl (C=O) groups excluding carboxylic acids is 1. The Kier molecular flexibility index (Phi) is 12.1. The molecule has 0 atom stereocenters. The predicted molar refractivity (Wildman–Crippen MR) is 188 cm³/mol. The van der Waals surface area contributed by atoms with Crippen molar-refractivity contribution in [1.82, 2.24) is 34.9 Å². The first-order valence-electron chi connectivity index (χ1n) is 18.2. The highest BCUT2D eigenvalue weighted by Crippen LogP contribution is 2.34. The Morgan fingerprint density at radius 1 is 0.980 bits per heavy atom. The van der Waals surface area contributed by atoms with Crippen molar-refractivity contribution in [3.05, 3.63) is 59.4 Å². The molecule has 1 amide bonds. The molecule has 2 aromatic heterocycles. The second-order valence-electron chi connectivity index (χ2n) is 14.0. The van der Waals surface area contributed by atoms with E-state index in [4.69, 9.17) is 19.2 Å². The van der Waals surface area contributed by atoms with Crippen molar-refractivity contribution in [1.29, 1.82) is 0 Å². The van der Waals surface area contributed by atoms with Gasteiger partial charge in [-0.25, -0.2) is 9.37 Å². The molecule has 12 nitrogen and oxygen atoms in total. The Hall–Kier alpha value is -3.94. The van der Waals surface area contributed by atoms with Crippen LogP contribution in [0.4, 0.5) is 10.2 Å². The zero-order valence-corrected chi connectivity index (χ0v) is 29.9. The molecule has 13 heteroatoms. The molecule has 0 bridgehead atoms. The molecular weight excluding hydrogens is 639 g/mol. The number of benzene rings is 1. The number of rotatable bonds is 12. The van der Waals surface area contributed by atoms with E-state index in [-0.39, 0.29) is 41.3 Å². The van der Waals surface area contributed by atoms with Crippen molar-refractivity contribution in [2.75, 3.05) is 63.9 Å². The minimum atomic E-state index is -0.519. The zero-order chi connectivity index (χ0) is 35.0. The maximum atomic E-state index is 14.4. The molecule has 3 aliphatic heterocycles. The number of halogens is 1. The van der Waals surface area contributed by atoms with Crippen molar-refractivity contribution in [3.8, 4) is 17.4 Å². The standard InChI is InChI=1S/C37H51FN8O4/c1-26(2)46(27(3)4)37(47)30-23-28(38)7-8-33(30)50-36-35(40-25-41-42-36)45-18-10-29(11-19-45)49-34-9-13-39-32-12-17-44(24-31(32)34)15-5-14-43-16-6-21-48-22-20-43/h7-9,13,23,25-27,29H,5-6,10-12,14-22,24H2,1-4H3. The lowest BCUT2D eigenvalue weighted by Crippen LogP contribution is -2.42. The smallest absolute Gasteiger partial charge is 0.282 e. The van der Waals surface area contributed by atoms with Gasteiger partial charge in [-0.2, -0.15) is 0 Å². The average Bonchev–Trinajstić information content (AvgIpc) is 3.38. The molecule has 50 heavy (non-hydrogen) atoms. The number of hydrogen-bond acceptors (Lipinski definition) is 11. The third-order valence-electron chi connectivity index (χ3n) is 9.74. The molecule has 3 aliphatic rings. The van der Waals surface area contributed by atoms with E-state index in [2.05, 4.69) is 29.9 Å². The molecule has 0 aliphatic carbocycles. The average molecular weight is 691 g/mol. The number of piperidine rings is 1. The van der Waals surface area contributed by atoms with Gasteiger partial charge in [0.2, 0.25) is 0 Å². The summed E-state index contributed by atoms with van der Waals surface area (Å²) in [6, 6.07) is 5.79. The largest absolute Gasteiger partial charge is 0.490 e. The van der Waals surface area contributed by atoms with E-state index in [0.29, 0.717) is 18.9 Å². The van der Waals surface area contributed by atoms with Crippen LogP contribution in [0.1, 0.15) is 75.0 Å². The highest BCUT2D eigenvalue weighted by atomic mass is 19.1. The van der Waals surface area contributed by atoms with Gasteiger partial charge >= 0.3 is 0 Å². The Balaban J connectivity index is 1.07. The van der Waals surface area contributed by atoms with Crippen LogP contribution in [0.3, 0.4) is 0 Å². The van der Waals surface area contributed by atoms with Crippen LogP contribution < -0.4 is 14.4 Å². The lowest BCUT2D eigenvalue weighted by Gasteiger charge is -2.35. The summed E-state index contributed by atoms with van der Waals surface area (Å²) in [5, 5.41) is 8.19. The van der Waals surface area contributed by atoms with Gasteiger partial charge in [0.25, 0.3) is 11.8 Å². The summed E-state index contributed by atoms with van der Waals surface area (Å²) in [4.78, 5) is 31.6. The van der Waals surface area contributed by atoms with Crippen molar-refractivity contribution in [3.63, 3.8) is 0 Å². The Morgan fingerprint density at radius 2 is 1.78 bits per heavy atom. The Labute approximate surface area is 294 Å². The van der Waals surface area contributed by atoms with Crippen LogP contribution in [0.2, 0.25) is 0 Å². The lowest BCUT2D eigenvalue weighted by atomic mass is 10.0. The minimum absolute atomic E-state index is 0.0388. The maximum absolute atomic E-state index is 14.4. The molecule has 0 N–H and O–H groups in total. The van der Waals surface area contributed by atoms with Crippen molar-refractivity contribution < 1.29 is 23.4 Å². The van der Waals surface area contributed by atoms with Gasteiger partial charge in [0, 0.05) is 94.7 Å². The van der Waals surface area contributed by atoms with E-state index in [1.165, 1.54) is 30.1 Å². The third-order valence-corrected chi connectivity index (χ3v) is 9.74. The van der Waals surface area contributed by atoms with Crippen molar-refractivity contribution >= 4 is 11.7 Å². The fourth-order valence-electron chi connectivity index (χ4n) is 7.28. The van der Waals surface area contributed by atoms with Gasteiger partial charge in [-0.05, 0) is 77.9 Å². The quantitative estimate of drug-likeness (QED) is 0.257. The second kappa shape index (κ2) is 16.8. The third kappa shape index (κ3) is 8.85. The van der Waals surface area contributed by atoms with E-state index in [9.17, 15) is 9.18 Å². The molecule has 270 valence electrons. The predicted octanol–water partition coefficient (Wildman–Crippen LogP) is 4.98. The number of carbonyl (C=O) groups is 1. The molecule has 1 aromatic carbocycles. The van der Waals surface area contributed by atoms with Crippen LogP contribution in [0, 0.1) is 5.82 Å². The van der Waals surface area contributed by atoms with Gasteiger partial charge in [-0.15, -0.1) is 10.2 Å². The van der Waals surface area contributed by atoms with Crippen LogP contribution in [0.5, 0.6) is 17.4 Å². The fourth-order valence-corrected chi connectivity index (χ4v) is 7.28. The number of aromatic nitrogens is 4. The van der Waals surface area contributed by atoms with Gasteiger partial charge in [0.15, 0.2) is 5.82 Å². The zero-order valence-electron chi connectivity index (χ0n) is 29.9. The highest BCUT2D eigenvalue weighted by molar-refractivity contribution is 5.97. The van der Waals surface area contributed by atoms with Crippen molar-refractivity contribution in [2.45, 2.75) is 84.5 Å². The minimum Gasteiger partial charge on any atom is -0.490 e. The van der Waals surface area contributed by atoms with E-state index in [1.54, 1.807) is 4.90 Å².